The van der Waals surface area contributed by atoms with Gasteiger partial charge < -0.3 is 5.32 Å². The highest BCUT2D eigenvalue weighted by Gasteiger charge is 2.29. The average Bonchev–Trinajstić information content (AvgIpc) is 2.77. The summed E-state index contributed by atoms with van der Waals surface area (Å²) in [5.74, 6) is -1.09. The Balaban J connectivity index is 2.09. The number of halogens is 1. The first-order chi connectivity index (χ1) is 9.89. The summed E-state index contributed by atoms with van der Waals surface area (Å²) < 4.78 is 35.4. The summed E-state index contributed by atoms with van der Waals surface area (Å²) in [4.78, 5) is 11.9. The monoisotopic (exact) mass is 308 g/mol. The first-order valence-corrected chi connectivity index (χ1v) is 8.10. The van der Waals surface area contributed by atoms with Crippen LogP contribution in [-0.2, 0) is 14.6 Å². The van der Waals surface area contributed by atoms with Crippen LogP contribution in [0.2, 0.25) is 0 Å². The van der Waals surface area contributed by atoms with E-state index in [4.69, 9.17) is 5.26 Å². The molecule has 0 saturated carbocycles. The molecule has 1 unspecified atom stereocenters. The molecular formula is C14H13FN2O3S. The Labute approximate surface area is 122 Å². The van der Waals surface area contributed by atoms with E-state index in [2.05, 4.69) is 5.32 Å². The van der Waals surface area contributed by atoms with Gasteiger partial charge in [0.25, 0.3) is 5.91 Å². The van der Waals surface area contributed by atoms with Gasteiger partial charge in [-0.3, -0.25) is 4.79 Å². The van der Waals surface area contributed by atoms with Gasteiger partial charge in [0, 0.05) is 6.04 Å². The number of carbonyl (C=O) groups excluding carboxylic acids is 1. The van der Waals surface area contributed by atoms with Crippen molar-refractivity contribution in [2.45, 2.75) is 12.5 Å². The highest BCUT2D eigenvalue weighted by Crippen LogP contribution is 2.13. The van der Waals surface area contributed by atoms with Crippen molar-refractivity contribution in [3.05, 3.63) is 41.2 Å². The number of sulfone groups is 1. The molecule has 1 amide bonds. The normalized spacial score (nSPS) is 20.8. The highest BCUT2D eigenvalue weighted by molar-refractivity contribution is 7.91. The molecule has 1 N–H and O–H groups in total. The maximum Gasteiger partial charge on any atom is 0.262 e. The van der Waals surface area contributed by atoms with Crippen LogP contribution in [0.25, 0.3) is 6.08 Å². The third kappa shape index (κ3) is 4.13. The van der Waals surface area contributed by atoms with Gasteiger partial charge in [-0.25, -0.2) is 12.8 Å². The largest absolute Gasteiger partial charge is 0.348 e. The molecular weight excluding hydrogens is 295 g/mol. The molecule has 110 valence electrons. The SMILES string of the molecule is N#C/C(=C\c1ccc(F)cc1)C(=O)NC1CCS(=O)(=O)C1. The summed E-state index contributed by atoms with van der Waals surface area (Å²) in [5.41, 5.74) is 0.369. The summed E-state index contributed by atoms with van der Waals surface area (Å²) in [6.45, 7) is 0. The van der Waals surface area contributed by atoms with E-state index in [0.29, 0.717) is 12.0 Å². The summed E-state index contributed by atoms with van der Waals surface area (Å²) in [7, 11) is -3.10. The maximum absolute atomic E-state index is 12.8. The third-order valence-electron chi connectivity index (χ3n) is 3.11. The number of nitriles is 1. The van der Waals surface area contributed by atoms with E-state index in [1.54, 1.807) is 6.07 Å². The fraction of sp³-hybridized carbons (Fsp3) is 0.286. The lowest BCUT2D eigenvalue weighted by Crippen LogP contribution is -2.36. The Morgan fingerprint density at radius 1 is 1.38 bits per heavy atom. The fourth-order valence-corrected chi connectivity index (χ4v) is 3.72. The van der Waals surface area contributed by atoms with Crippen LogP contribution >= 0.6 is 0 Å². The second-order valence-electron chi connectivity index (χ2n) is 4.79. The molecule has 1 aromatic rings. The van der Waals surface area contributed by atoms with E-state index in [1.165, 1.54) is 30.3 Å². The quantitative estimate of drug-likeness (QED) is 0.667. The zero-order chi connectivity index (χ0) is 15.5. The molecule has 1 aromatic carbocycles. The maximum atomic E-state index is 12.8. The minimum absolute atomic E-state index is 0.0432. The molecule has 5 nitrogen and oxygen atoms in total. The van der Waals surface area contributed by atoms with Crippen LogP contribution in [0, 0.1) is 17.1 Å². The standard InChI is InChI=1S/C14H13FN2O3S/c15-12-3-1-10(2-4-12)7-11(8-16)14(18)17-13-5-6-21(19,20)9-13/h1-4,7,13H,5-6,9H2,(H,17,18)/b11-7+. The molecule has 1 saturated heterocycles. The molecule has 0 radical (unpaired) electrons. The van der Waals surface area contributed by atoms with Crippen LogP contribution < -0.4 is 5.32 Å². The molecule has 1 atom stereocenters. The second-order valence-corrected chi connectivity index (χ2v) is 7.02. The first kappa shape index (κ1) is 15.2. The minimum atomic E-state index is -3.10. The second kappa shape index (κ2) is 6.06. The lowest BCUT2D eigenvalue weighted by molar-refractivity contribution is -0.117. The Morgan fingerprint density at radius 2 is 2.05 bits per heavy atom. The molecule has 1 aliphatic rings. The van der Waals surface area contributed by atoms with Gasteiger partial charge in [-0.2, -0.15) is 5.26 Å². The number of benzene rings is 1. The predicted octanol–water partition coefficient (Wildman–Crippen LogP) is 1.04. The molecule has 0 bridgehead atoms. The van der Waals surface area contributed by atoms with Crippen molar-refractivity contribution in [3.63, 3.8) is 0 Å². The number of hydrogen-bond donors (Lipinski definition) is 1. The topological polar surface area (TPSA) is 87.0 Å². The van der Waals surface area contributed by atoms with Gasteiger partial charge in [0.05, 0.1) is 11.5 Å². The number of amides is 1. The highest BCUT2D eigenvalue weighted by atomic mass is 32.2. The van der Waals surface area contributed by atoms with Crippen molar-refractivity contribution in [1.29, 1.82) is 5.26 Å². The zero-order valence-electron chi connectivity index (χ0n) is 11.0. The van der Waals surface area contributed by atoms with Crippen LogP contribution in [0.4, 0.5) is 4.39 Å². The zero-order valence-corrected chi connectivity index (χ0v) is 11.9. The van der Waals surface area contributed by atoms with Crippen molar-refractivity contribution >= 4 is 21.8 Å². The molecule has 0 aromatic heterocycles. The Bertz CT molecular complexity index is 718. The molecule has 2 rings (SSSR count). The average molecular weight is 308 g/mol. The first-order valence-electron chi connectivity index (χ1n) is 6.28. The number of carbonyl (C=O) groups is 1. The summed E-state index contributed by atoms with van der Waals surface area (Å²) in [5, 5.41) is 11.6. The van der Waals surface area contributed by atoms with Gasteiger partial charge in [-0.15, -0.1) is 0 Å². The lowest BCUT2D eigenvalue weighted by atomic mass is 10.1. The summed E-state index contributed by atoms with van der Waals surface area (Å²) in [6.07, 6.45) is 1.68. The predicted molar refractivity (Wildman–Crippen MR) is 75.2 cm³/mol. The van der Waals surface area contributed by atoms with E-state index in [-0.39, 0.29) is 17.1 Å². The summed E-state index contributed by atoms with van der Waals surface area (Å²) >= 11 is 0. The Morgan fingerprint density at radius 3 is 2.57 bits per heavy atom. The van der Waals surface area contributed by atoms with E-state index in [1.807, 2.05) is 0 Å². The number of rotatable bonds is 3. The Hall–Kier alpha value is -2.20. The van der Waals surface area contributed by atoms with Crippen molar-refractivity contribution in [2.75, 3.05) is 11.5 Å². The van der Waals surface area contributed by atoms with Gasteiger partial charge in [-0.05, 0) is 30.2 Å². The lowest BCUT2D eigenvalue weighted by Gasteiger charge is -2.09. The molecule has 0 spiro atoms. The van der Waals surface area contributed by atoms with Crippen molar-refractivity contribution in [1.82, 2.24) is 5.32 Å². The molecule has 1 heterocycles. The van der Waals surface area contributed by atoms with Crippen molar-refractivity contribution in [3.8, 4) is 6.07 Å². The van der Waals surface area contributed by atoms with Crippen LogP contribution in [0.15, 0.2) is 29.8 Å². The van der Waals surface area contributed by atoms with E-state index < -0.39 is 27.6 Å². The van der Waals surface area contributed by atoms with Crippen LogP contribution in [-0.4, -0.2) is 31.9 Å². The number of hydrogen-bond acceptors (Lipinski definition) is 4. The molecule has 7 heteroatoms. The van der Waals surface area contributed by atoms with Gasteiger partial charge in [0.1, 0.15) is 17.5 Å². The minimum Gasteiger partial charge on any atom is -0.348 e. The van der Waals surface area contributed by atoms with Gasteiger partial charge in [0.2, 0.25) is 0 Å². The fourth-order valence-electron chi connectivity index (χ4n) is 2.05. The molecule has 1 fully saturated rings. The molecule has 21 heavy (non-hydrogen) atoms. The van der Waals surface area contributed by atoms with Crippen LogP contribution in [0.1, 0.15) is 12.0 Å². The van der Waals surface area contributed by atoms with Crippen LogP contribution in [0.5, 0.6) is 0 Å². The number of nitrogens with zero attached hydrogens (tertiary/aromatic N) is 1. The van der Waals surface area contributed by atoms with E-state index >= 15 is 0 Å². The van der Waals surface area contributed by atoms with Crippen molar-refractivity contribution < 1.29 is 17.6 Å². The van der Waals surface area contributed by atoms with E-state index in [0.717, 1.165) is 0 Å². The third-order valence-corrected chi connectivity index (χ3v) is 4.88. The van der Waals surface area contributed by atoms with Crippen LogP contribution in [0.3, 0.4) is 0 Å². The van der Waals surface area contributed by atoms with Gasteiger partial charge >= 0.3 is 0 Å². The number of nitrogens with one attached hydrogen (secondary N) is 1. The Kier molecular flexibility index (Phi) is 4.38. The molecule has 0 aliphatic carbocycles. The van der Waals surface area contributed by atoms with Crippen molar-refractivity contribution in [2.24, 2.45) is 0 Å². The van der Waals surface area contributed by atoms with Gasteiger partial charge in [0.15, 0.2) is 9.84 Å². The smallest absolute Gasteiger partial charge is 0.262 e. The summed E-state index contributed by atoms with van der Waals surface area (Å²) in [6, 6.07) is 6.64. The van der Waals surface area contributed by atoms with Gasteiger partial charge in [-0.1, -0.05) is 12.1 Å². The molecule has 1 aliphatic heterocycles. The van der Waals surface area contributed by atoms with E-state index in [9.17, 15) is 17.6 Å².